The minimum Gasteiger partial charge on any atom is -0.497 e. The van der Waals surface area contributed by atoms with Crippen LogP contribution in [-0.4, -0.2) is 59.6 Å². The lowest BCUT2D eigenvalue weighted by Gasteiger charge is -2.33. The third-order valence-electron chi connectivity index (χ3n) is 6.04. The van der Waals surface area contributed by atoms with Gasteiger partial charge in [-0.15, -0.1) is 0 Å². The zero-order valence-electron chi connectivity index (χ0n) is 19.2. The van der Waals surface area contributed by atoms with Crippen LogP contribution in [0.3, 0.4) is 0 Å². The minimum atomic E-state index is -0.0801. The molecule has 0 aliphatic carbocycles. The lowest BCUT2D eigenvalue weighted by atomic mass is 10.1. The van der Waals surface area contributed by atoms with Crippen molar-refractivity contribution in [1.82, 2.24) is 19.7 Å². The summed E-state index contributed by atoms with van der Waals surface area (Å²) in [7, 11) is 3.61. The summed E-state index contributed by atoms with van der Waals surface area (Å²) in [5, 5.41) is 7.74. The van der Waals surface area contributed by atoms with Crippen LogP contribution in [0.5, 0.6) is 11.5 Å². The van der Waals surface area contributed by atoms with Crippen molar-refractivity contribution in [2.45, 2.75) is 13.0 Å². The molecule has 2 aliphatic rings. The Hall–Kier alpha value is -3.36. The Kier molecular flexibility index (Phi) is 6.02. The van der Waals surface area contributed by atoms with Crippen molar-refractivity contribution in [2.75, 3.05) is 45.3 Å². The van der Waals surface area contributed by atoms with Gasteiger partial charge < -0.3 is 19.5 Å². The van der Waals surface area contributed by atoms with Gasteiger partial charge in [0.15, 0.2) is 5.82 Å². The summed E-state index contributed by atoms with van der Waals surface area (Å²) in [6.45, 7) is 5.78. The SMILES string of the molecule is COc1ccc2c(c1)C=C(CN1CCOC(c3cccc(Nc4cc(C)n(C)n4)n3)C1)CO2. The number of ether oxygens (including phenoxy) is 3. The fraction of sp³-hybridized carbons (Fsp3) is 0.360. The minimum absolute atomic E-state index is 0.0801. The molecule has 8 nitrogen and oxygen atoms in total. The Balaban J connectivity index is 1.26. The van der Waals surface area contributed by atoms with Crippen LogP contribution in [0.25, 0.3) is 6.08 Å². The van der Waals surface area contributed by atoms with Crippen molar-refractivity contribution in [3.63, 3.8) is 0 Å². The molecule has 0 amide bonds. The number of nitrogens with zero attached hydrogens (tertiary/aromatic N) is 4. The Morgan fingerprint density at radius 1 is 1.18 bits per heavy atom. The summed E-state index contributed by atoms with van der Waals surface area (Å²) < 4.78 is 19.2. The molecule has 8 heteroatoms. The lowest BCUT2D eigenvalue weighted by molar-refractivity contribution is -0.0293. The molecule has 1 fully saturated rings. The van der Waals surface area contributed by atoms with Crippen molar-refractivity contribution in [2.24, 2.45) is 7.05 Å². The lowest BCUT2D eigenvalue weighted by Crippen LogP contribution is -2.40. The van der Waals surface area contributed by atoms with Gasteiger partial charge in [-0.1, -0.05) is 6.07 Å². The second-order valence-electron chi connectivity index (χ2n) is 8.46. The van der Waals surface area contributed by atoms with Gasteiger partial charge in [-0.2, -0.15) is 5.10 Å². The molecule has 2 aliphatic heterocycles. The molecule has 172 valence electrons. The summed E-state index contributed by atoms with van der Waals surface area (Å²) in [6.07, 6.45) is 2.13. The first-order chi connectivity index (χ1) is 16.1. The number of anilines is 2. The van der Waals surface area contributed by atoms with Crippen molar-refractivity contribution in [1.29, 1.82) is 0 Å². The third-order valence-corrected chi connectivity index (χ3v) is 6.04. The first-order valence-electron chi connectivity index (χ1n) is 11.2. The Morgan fingerprint density at radius 2 is 2.09 bits per heavy atom. The highest BCUT2D eigenvalue weighted by atomic mass is 16.5. The number of benzene rings is 1. The topological polar surface area (TPSA) is 73.7 Å². The summed E-state index contributed by atoms with van der Waals surface area (Å²) >= 11 is 0. The average molecular weight is 448 g/mol. The summed E-state index contributed by atoms with van der Waals surface area (Å²) in [5.74, 6) is 3.28. The molecule has 33 heavy (non-hydrogen) atoms. The molecule has 1 atom stereocenters. The van der Waals surface area contributed by atoms with E-state index < -0.39 is 0 Å². The van der Waals surface area contributed by atoms with E-state index >= 15 is 0 Å². The highest BCUT2D eigenvalue weighted by molar-refractivity contribution is 5.64. The molecular weight excluding hydrogens is 418 g/mol. The van der Waals surface area contributed by atoms with Crippen LogP contribution >= 0.6 is 0 Å². The van der Waals surface area contributed by atoms with Crippen LogP contribution in [0.2, 0.25) is 0 Å². The van der Waals surface area contributed by atoms with Gasteiger partial charge in [0.2, 0.25) is 0 Å². The maximum atomic E-state index is 6.08. The standard InChI is InChI=1S/C25H29N5O3/c1-17-11-25(28-29(17)2)27-24-6-4-5-21(26-24)23-15-30(9-10-32-23)14-18-12-19-13-20(31-3)7-8-22(19)33-16-18/h4-8,11-13,23H,9-10,14-16H2,1-3H3,(H,26,27,28). The molecule has 0 saturated carbocycles. The third kappa shape index (κ3) is 4.86. The Morgan fingerprint density at radius 3 is 2.91 bits per heavy atom. The molecule has 0 spiro atoms. The van der Waals surface area contributed by atoms with E-state index in [0.717, 1.165) is 59.7 Å². The molecular formula is C25H29N5O3. The first-order valence-corrected chi connectivity index (χ1v) is 11.2. The molecule has 2 aromatic heterocycles. The fourth-order valence-corrected chi connectivity index (χ4v) is 4.19. The van der Waals surface area contributed by atoms with E-state index in [1.807, 2.05) is 61.1 Å². The van der Waals surface area contributed by atoms with Crippen molar-refractivity contribution < 1.29 is 14.2 Å². The fourth-order valence-electron chi connectivity index (χ4n) is 4.19. The van der Waals surface area contributed by atoms with Crippen molar-refractivity contribution >= 4 is 17.7 Å². The highest BCUT2D eigenvalue weighted by Gasteiger charge is 2.25. The van der Waals surface area contributed by atoms with Crippen LogP contribution in [0.1, 0.15) is 23.1 Å². The second-order valence-corrected chi connectivity index (χ2v) is 8.46. The largest absolute Gasteiger partial charge is 0.497 e. The molecule has 0 radical (unpaired) electrons. The monoisotopic (exact) mass is 447 g/mol. The molecule has 1 N–H and O–H groups in total. The molecule has 0 bridgehead atoms. The van der Waals surface area contributed by atoms with Crippen LogP contribution in [-0.2, 0) is 11.8 Å². The van der Waals surface area contributed by atoms with Crippen LogP contribution in [0, 0.1) is 6.92 Å². The number of morpholine rings is 1. The number of methoxy groups -OCH3 is 1. The smallest absolute Gasteiger partial charge is 0.153 e. The number of aromatic nitrogens is 3. The van der Waals surface area contributed by atoms with Crippen LogP contribution in [0.4, 0.5) is 11.6 Å². The average Bonchev–Trinajstić information content (AvgIpc) is 3.15. The van der Waals surface area contributed by atoms with E-state index in [4.69, 9.17) is 19.2 Å². The van der Waals surface area contributed by atoms with E-state index in [2.05, 4.69) is 21.4 Å². The second kappa shape index (κ2) is 9.25. The van der Waals surface area contributed by atoms with Crippen molar-refractivity contribution in [3.8, 4) is 11.5 Å². The summed E-state index contributed by atoms with van der Waals surface area (Å²) in [4.78, 5) is 7.20. The molecule has 3 aromatic rings. The van der Waals surface area contributed by atoms with E-state index in [-0.39, 0.29) is 6.10 Å². The number of rotatable bonds is 6. The number of aryl methyl sites for hydroxylation is 2. The number of hydrogen-bond donors (Lipinski definition) is 1. The number of fused-ring (bicyclic) bond motifs is 1. The van der Waals surface area contributed by atoms with E-state index in [0.29, 0.717) is 13.2 Å². The van der Waals surface area contributed by atoms with Gasteiger partial charge in [0, 0.05) is 44.0 Å². The maximum absolute atomic E-state index is 6.08. The highest BCUT2D eigenvalue weighted by Crippen LogP contribution is 2.31. The predicted molar refractivity (Wildman–Crippen MR) is 127 cm³/mol. The van der Waals surface area contributed by atoms with Gasteiger partial charge in [-0.3, -0.25) is 9.58 Å². The van der Waals surface area contributed by atoms with Gasteiger partial charge in [0.05, 0.1) is 19.4 Å². The zero-order chi connectivity index (χ0) is 22.8. The van der Waals surface area contributed by atoms with Gasteiger partial charge in [-0.05, 0) is 48.9 Å². The number of nitrogens with one attached hydrogen (secondary N) is 1. The maximum Gasteiger partial charge on any atom is 0.153 e. The zero-order valence-corrected chi connectivity index (χ0v) is 19.2. The van der Waals surface area contributed by atoms with Gasteiger partial charge >= 0.3 is 0 Å². The predicted octanol–water partition coefficient (Wildman–Crippen LogP) is 3.73. The van der Waals surface area contributed by atoms with Crippen LogP contribution in [0.15, 0.2) is 48.0 Å². The Bertz CT molecular complexity index is 1150. The van der Waals surface area contributed by atoms with Gasteiger partial charge in [0.1, 0.15) is 30.0 Å². The van der Waals surface area contributed by atoms with Crippen LogP contribution < -0.4 is 14.8 Å². The van der Waals surface area contributed by atoms with E-state index in [1.165, 1.54) is 5.57 Å². The quantitative estimate of drug-likeness (QED) is 0.617. The summed E-state index contributed by atoms with van der Waals surface area (Å²) in [6, 6.07) is 13.9. The van der Waals surface area contributed by atoms with E-state index in [1.54, 1.807) is 7.11 Å². The number of pyridine rings is 1. The summed E-state index contributed by atoms with van der Waals surface area (Å²) in [5.41, 5.74) is 4.30. The molecule has 1 aromatic carbocycles. The first kappa shape index (κ1) is 21.5. The molecule has 4 heterocycles. The Labute approximate surface area is 193 Å². The molecule has 1 unspecified atom stereocenters. The molecule has 1 saturated heterocycles. The number of hydrogen-bond acceptors (Lipinski definition) is 7. The van der Waals surface area contributed by atoms with Gasteiger partial charge in [0.25, 0.3) is 0 Å². The molecule has 5 rings (SSSR count). The van der Waals surface area contributed by atoms with E-state index in [9.17, 15) is 0 Å². The van der Waals surface area contributed by atoms with Crippen molar-refractivity contribution in [3.05, 3.63) is 65.0 Å². The van der Waals surface area contributed by atoms with Gasteiger partial charge in [-0.25, -0.2) is 4.98 Å². The normalized spacial score (nSPS) is 18.3.